The topological polar surface area (TPSA) is 85.3 Å². The van der Waals surface area contributed by atoms with Crippen LogP contribution in [0.15, 0.2) is 29.6 Å². The maximum Gasteiger partial charge on any atom is 0.189 e. The molecular weight excluding hydrogens is 480 g/mol. The van der Waals surface area contributed by atoms with Gasteiger partial charge in [0.15, 0.2) is 5.16 Å². The van der Waals surface area contributed by atoms with Crippen LogP contribution in [0.4, 0.5) is 11.6 Å². The second-order valence-electron chi connectivity index (χ2n) is 9.41. The van der Waals surface area contributed by atoms with Crippen molar-refractivity contribution in [2.24, 2.45) is 0 Å². The molecule has 10 heteroatoms. The average Bonchev–Trinajstić information content (AvgIpc) is 3.26. The zero-order valence-corrected chi connectivity index (χ0v) is 21.8. The van der Waals surface area contributed by atoms with Crippen LogP contribution in [0.1, 0.15) is 30.7 Å². The smallest absolute Gasteiger partial charge is 0.189 e. The van der Waals surface area contributed by atoms with E-state index in [2.05, 4.69) is 29.0 Å². The Hall–Kier alpha value is -2.53. The van der Waals surface area contributed by atoms with E-state index in [-0.39, 0.29) is 5.60 Å². The van der Waals surface area contributed by atoms with Crippen LogP contribution < -0.4 is 10.2 Å². The maximum absolute atomic E-state index is 6.27. The number of morpholine rings is 1. The molecule has 2 aliphatic heterocycles. The molecule has 6 rings (SSSR count). The van der Waals surface area contributed by atoms with Crippen LogP contribution in [0.3, 0.4) is 0 Å². The van der Waals surface area contributed by atoms with Crippen LogP contribution >= 0.6 is 23.1 Å². The molecule has 1 fully saturated rings. The van der Waals surface area contributed by atoms with E-state index in [9.17, 15) is 0 Å². The van der Waals surface area contributed by atoms with E-state index in [0.717, 1.165) is 75.6 Å². The van der Waals surface area contributed by atoms with Crippen LogP contribution in [-0.2, 0) is 29.0 Å². The summed E-state index contributed by atoms with van der Waals surface area (Å²) in [5.74, 6) is 1.86. The Morgan fingerprint density at radius 1 is 1.14 bits per heavy atom. The van der Waals surface area contributed by atoms with Gasteiger partial charge in [0.25, 0.3) is 0 Å². The highest BCUT2D eigenvalue weighted by atomic mass is 32.2. The standard InChI is InChI=1S/C25H28N6O2S2/c1-25(2)12-16-17(14-33-25)22(31-8-10-32-11-9-31)30-23-18(16)19-20(35-23)21(29-24(28-19)34-3)27-13-15-6-4-5-7-26-15/h4-7H,8-14H2,1-3H3,(H,27,28,29). The summed E-state index contributed by atoms with van der Waals surface area (Å²) in [6, 6.07) is 5.94. The molecule has 0 aromatic carbocycles. The van der Waals surface area contributed by atoms with Crippen molar-refractivity contribution in [2.45, 2.75) is 44.2 Å². The van der Waals surface area contributed by atoms with Gasteiger partial charge in [-0.2, -0.15) is 0 Å². The van der Waals surface area contributed by atoms with Gasteiger partial charge in [0.05, 0.1) is 47.9 Å². The summed E-state index contributed by atoms with van der Waals surface area (Å²) in [6.07, 6.45) is 4.64. The molecule has 4 aromatic rings. The molecule has 182 valence electrons. The summed E-state index contributed by atoms with van der Waals surface area (Å²) in [5, 5.41) is 5.41. The number of hydrogen-bond acceptors (Lipinski definition) is 10. The minimum atomic E-state index is -0.243. The second-order valence-corrected chi connectivity index (χ2v) is 11.2. The fourth-order valence-electron chi connectivity index (χ4n) is 4.76. The quantitative estimate of drug-likeness (QED) is 0.306. The minimum Gasteiger partial charge on any atom is -0.378 e. The van der Waals surface area contributed by atoms with Gasteiger partial charge in [-0.25, -0.2) is 15.0 Å². The van der Waals surface area contributed by atoms with Gasteiger partial charge < -0.3 is 19.7 Å². The molecule has 0 unspecified atom stereocenters. The van der Waals surface area contributed by atoms with E-state index in [0.29, 0.717) is 13.2 Å². The van der Waals surface area contributed by atoms with E-state index in [4.69, 9.17) is 24.4 Å². The first-order chi connectivity index (χ1) is 17.0. The van der Waals surface area contributed by atoms with Gasteiger partial charge in [-0.15, -0.1) is 11.3 Å². The fourth-order valence-corrected chi connectivity index (χ4v) is 6.23. The molecule has 1 saturated heterocycles. The maximum atomic E-state index is 6.27. The number of nitrogens with zero attached hydrogens (tertiary/aromatic N) is 5. The molecule has 2 aliphatic rings. The molecule has 8 nitrogen and oxygen atoms in total. The van der Waals surface area contributed by atoms with Crippen molar-refractivity contribution in [1.82, 2.24) is 19.9 Å². The first kappa shape index (κ1) is 22.9. The predicted octanol–water partition coefficient (Wildman–Crippen LogP) is 4.66. The number of ether oxygens (including phenoxy) is 2. The number of fused-ring (bicyclic) bond motifs is 5. The number of pyridine rings is 2. The Morgan fingerprint density at radius 3 is 2.77 bits per heavy atom. The third-order valence-corrected chi connectivity index (χ3v) is 8.13. The number of hydrogen-bond donors (Lipinski definition) is 1. The van der Waals surface area contributed by atoms with Crippen LogP contribution in [0, 0.1) is 0 Å². The summed E-state index contributed by atoms with van der Waals surface area (Å²) in [4.78, 5) is 22.8. The molecule has 0 spiro atoms. The molecule has 6 heterocycles. The Balaban J connectivity index is 1.54. The molecule has 0 saturated carbocycles. The van der Waals surface area contributed by atoms with Gasteiger partial charge in [-0.3, -0.25) is 4.98 Å². The van der Waals surface area contributed by atoms with Crippen LogP contribution in [-0.4, -0.2) is 58.1 Å². The van der Waals surface area contributed by atoms with E-state index >= 15 is 0 Å². The SMILES string of the molecule is CSc1nc(NCc2ccccn2)c2sc3nc(N4CCOCC4)c4c(c3c2n1)CC(C)(C)OC4. The van der Waals surface area contributed by atoms with Gasteiger partial charge in [0.1, 0.15) is 16.5 Å². The predicted molar refractivity (Wildman–Crippen MR) is 142 cm³/mol. The average molecular weight is 509 g/mol. The Bertz CT molecular complexity index is 1390. The molecule has 0 bridgehead atoms. The van der Waals surface area contributed by atoms with Gasteiger partial charge in [0.2, 0.25) is 0 Å². The zero-order chi connectivity index (χ0) is 24.0. The fraction of sp³-hybridized carbons (Fsp3) is 0.440. The summed E-state index contributed by atoms with van der Waals surface area (Å²) in [6.45, 7) is 8.59. The lowest BCUT2D eigenvalue weighted by Crippen LogP contribution is -2.39. The Morgan fingerprint density at radius 2 is 2.00 bits per heavy atom. The van der Waals surface area contributed by atoms with E-state index < -0.39 is 0 Å². The van der Waals surface area contributed by atoms with Gasteiger partial charge >= 0.3 is 0 Å². The molecule has 0 atom stereocenters. The van der Waals surface area contributed by atoms with Gasteiger partial charge in [-0.1, -0.05) is 17.8 Å². The second kappa shape index (κ2) is 9.16. The highest BCUT2D eigenvalue weighted by Gasteiger charge is 2.33. The third-order valence-electron chi connectivity index (χ3n) is 6.50. The van der Waals surface area contributed by atoms with Crippen LogP contribution in [0.25, 0.3) is 20.4 Å². The lowest BCUT2D eigenvalue weighted by Gasteiger charge is -2.36. The van der Waals surface area contributed by atoms with Crippen LogP contribution in [0.2, 0.25) is 0 Å². The van der Waals surface area contributed by atoms with Crippen molar-refractivity contribution in [3.8, 4) is 0 Å². The van der Waals surface area contributed by atoms with Crippen molar-refractivity contribution in [2.75, 3.05) is 42.8 Å². The first-order valence-electron chi connectivity index (χ1n) is 11.8. The number of rotatable bonds is 5. The van der Waals surface area contributed by atoms with Crippen molar-refractivity contribution < 1.29 is 9.47 Å². The summed E-state index contributed by atoms with van der Waals surface area (Å²) in [5.41, 5.74) is 4.19. The molecular formula is C25H28N6O2S2. The summed E-state index contributed by atoms with van der Waals surface area (Å²) in [7, 11) is 0. The Kier molecular flexibility index (Phi) is 6.00. The molecule has 4 aromatic heterocycles. The molecule has 0 aliphatic carbocycles. The van der Waals surface area contributed by atoms with E-state index in [1.165, 1.54) is 11.1 Å². The van der Waals surface area contributed by atoms with Crippen molar-refractivity contribution in [1.29, 1.82) is 0 Å². The lowest BCUT2D eigenvalue weighted by molar-refractivity contribution is -0.0396. The number of nitrogens with one attached hydrogen (secondary N) is 1. The first-order valence-corrected chi connectivity index (χ1v) is 13.9. The number of anilines is 2. The highest BCUT2D eigenvalue weighted by molar-refractivity contribution is 7.98. The molecule has 0 radical (unpaired) electrons. The van der Waals surface area contributed by atoms with Crippen molar-refractivity contribution >= 4 is 55.2 Å². The summed E-state index contributed by atoms with van der Waals surface area (Å²) < 4.78 is 12.9. The Labute approximate surface area is 212 Å². The largest absolute Gasteiger partial charge is 0.378 e. The lowest BCUT2D eigenvalue weighted by atomic mass is 9.90. The highest BCUT2D eigenvalue weighted by Crippen LogP contribution is 2.44. The molecule has 1 N–H and O–H groups in total. The van der Waals surface area contributed by atoms with Crippen LogP contribution in [0.5, 0.6) is 0 Å². The van der Waals surface area contributed by atoms with Gasteiger partial charge in [0, 0.05) is 36.7 Å². The molecule has 35 heavy (non-hydrogen) atoms. The monoisotopic (exact) mass is 508 g/mol. The van der Waals surface area contributed by atoms with Crippen molar-refractivity contribution in [3.05, 3.63) is 41.2 Å². The third kappa shape index (κ3) is 4.33. The van der Waals surface area contributed by atoms with E-state index in [1.54, 1.807) is 23.1 Å². The normalized spacial score (nSPS) is 17.6. The number of thioether (sulfide) groups is 1. The van der Waals surface area contributed by atoms with E-state index in [1.807, 2.05) is 30.7 Å². The van der Waals surface area contributed by atoms with Crippen molar-refractivity contribution in [3.63, 3.8) is 0 Å². The minimum absolute atomic E-state index is 0.243. The number of thiophene rings is 1. The summed E-state index contributed by atoms with van der Waals surface area (Å²) >= 11 is 3.22. The zero-order valence-electron chi connectivity index (χ0n) is 20.1. The molecule has 0 amide bonds. The number of aromatic nitrogens is 4. The van der Waals surface area contributed by atoms with Gasteiger partial charge in [-0.05, 0) is 37.8 Å².